The number of aromatic nitrogens is 6. The molecule has 4 heterocycles. The highest BCUT2D eigenvalue weighted by Crippen LogP contribution is 2.31. The van der Waals surface area contributed by atoms with E-state index in [-0.39, 0.29) is 12.2 Å². The largest absolute Gasteiger partial charge is 0.497 e. The van der Waals surface area contributed by atoms with E-state index in [1.54, 1.807) is 28.6 Å². The molecule has 1 aliphatic carbocycles. The zero-order valence-corrected chi connectivity index (χ0v) is 20.6. The van der Waals surface area contributed by atoms with Crippen LogP contribution < -0.4 is 20.5 Å². The van der Waals surface area contributed by atoms with Gasteiger partial charge in [-0.05, 0) is 50.3 Å². The van der Waals surface area contributed by atoms with Gasteiger partial charge in [0.1, 0.15) is 18.1 Å². The Morgan fingerprint density at radius 3 is 2.92 bits per heavy atom. The lowest BCUT2D eigenvalue weighted by Crippen LogP contribution is -2.47. The first kappa shape index (κ1) is 22.8. The van der Waals surface area contributed by atoms with Crippen molar-refractivity contribution in [3.05, 3.63) is 53.2 Å². The van der Waals surface area contributed by atoms with Gasteiger partial charge in [0, 0.05) is 54.1 Å². The summed E-state index contributed by atoms with van der Waals surface area (Å²) in [6, 6.07) is 8.08. The zero-order valence-electron chi connectivity index (χ0n) is 20.6. The van der Waals surface area contributed by atoms with E-state index in [2.05, 4.69) is 30.7 Å². The van der Waals surface area contributed by atoms with Crippen LogP contribution in [0.2, 0.25) is 0 Å². The fourth-order valence-corrected chi connectivity index (χ4v) is 5.22. The molecule has 1 unspecified atom stereocenters. The molecule has 2 fully saturated rings. The Morgan fingerprint density at radius 1 is 1.19 bits per heavy atom. The molecule has 0 bridgehead atoms. The van der Waals surface area contributed by atoms with Crippen molar-refractivity contribution in [3.8, 4) is 17.0 Å². The average Bonchev–Trinajstić information content (AvgIpc) is 3.53. The summed E-state index contributed by atoms with van der Waals surface area (Å²) >= 11 is 0. The molecule has 1 aliphatic heterocycles. The lowest BCUT2D eigenvalue weighted by Gasteiger charge is -2.36. The van der Waals surface area contributed by atoms with Crippen molar-refractivity contribution >= 4 is 16.6 Å². The number of methoxy groups -OCH3 is 1. The lowest BCUT2D eigenvalue weighted by atomic mass is 9.85. The van der Waals surface area contributed by atoms with E-state index < -0.39 is 0 Å². The van der Waals surface area contributed by atoms with Gasteiger partial charge in [-0.2, -0.15) is 5.10 Å². The van der Waals surface area contributed by atoms with Crippen LogP contribution in [0.1, 0.15) is 32.1 Å². The number of nitrogens with one attached hydrogen (secondary N) is 2. The molecule has 1 saturated carbocycles. The number of pyridine rings is 1. The number of piperidine rings is 1. The predicted molar refractivity (Wildman–Crippen MR) is 138 cm³/mol. The van der Waals surface area contributed by atoms with E-state index in [9.17, 15) is 4.79 Å². The SMILES string of the molecule is COc1cc(-c2cn(Cn3ccc(N4CCCC(NCC5CCC5)C4)cc3=O)nn2)c2cn[nH]c2c1. The summed E-state index contributed by atoms with van der Waals surface area (Å²) in [5.74, 6) is 1.57. The first-order chi connectivity index (χ1) is 17.7. The van der Waals surface area contributed by atoms with Crippen LogP contribution in [-0.2, 0) is 6.67 Å². The summed E-state index contributed by atoms with van der Waals surface area (Å²) in [7, 11) is 1.63. The molecule has 6 rings (SSSR count). The van der Waals surface area contributed by atoms with Gasteiger partial charge in [-0.3, -0.25) is 14.5 Å². The summed E-state index contributed by atoms with van der Waals surface area (Å²) in [5, 5.41) is 20.4. The topological polar surface area (TPSA) is 106 Å². The van der Waals surface area contributed by atoms with E-state index in [1.807, 2.05) is 30.6 Å². The molecular weight excluding hydrogens is 456 g/mol. The van der Waals surface area contributed by atoms with Crippen LogP contribution in [0.3, 0.4) is 0 Å². The molecule has 10 nitrogen and oxygen atoms in total. The normalized spacial score (nSPS) is 18.5. The van der Waals surface area contributed by atoms with Crippen LogP contribution in [0.25, 0.3) is 22.2 Å². The number of benzene rings is 1. The second-order valence-corrected chi connectivity index (χ2v) is 9.97. The van der Waals surface area contributed by atoms with Gasteiger partial charge in [-0.1, -0.05) is 11.6 Å². The maximum Gasteiger partial charge on any atom is 0.254 e. The van der Waals surface area contributed by atoms with E-state index in [0.717, 1.165) is 54.1 Å². The standard InChI is InChI=1S/C26H32N8O2/c1-36-21-11-22(23-14-28-29-24(23)12-21)25-16-34(31-30-25)17-33-9-7-20(10-26(33)35)32-8-3-6-19(15-32)27-13-18-4-2-5-18/h7,9-12,14,16,18-19,27H,2-6,8,13,15,17H2,1H3,(H,28,29). The van der Waals surface area contributed by atoms with E-state index in [0.29, 0.717) is 17.5 Å². The van der Waals surface area contributed by atoms with Crippen molar-refractivity contribution in [2.75, 3.05) is 31.6 Å². The average molecular weight is 489 g/mol. The summed E-state index contributed by atoms with van der Waals surface area (Å²) in [5.41, 5.74) is 3.37. The zero-order chi connectivity index (χ0) is 24.5. The summed E-state index contributed by atoms with van der Waals surface area (Å²) in [4.78, 5) is 15.3. The Hall–Kier alpha value is -3.66. The molecule has 2 N–H and O–H groups in total. The highest BCUT2D eigenvalue weighted by molar-refractivity contribution is 5.94. The predicted octanol–water partition coefficient (Wildman–Crippen LogP) is 2.86. The van der Waals surface area contributed by atoms with Crippen LogP contribution in [0, 0.1) is 5.92 Å². The van der Waals surface area contributed by atoms with Gasteiger partial charge in [0.05, 0.1) is 25.0 Å². The highest BCUT2D eigenvalue weighted by Gasteiger charge is 2.23. The van der Waals surface area contributed by atoms with Gasteiger partial charge >= 0.3 is 0 Å². The maximum absolute atomic E-state index is 13.0. The Bertz CT molecular complexity index is 1400. The molecule has 0 spiro atoms. The Balaban J connectivity index is 1.15. The van der Waals surface area contributed by atoms with Crippen LogP contribution in [0.15, 0.2) is 47.7 Å². The van der Waals surface area contributed by atoms with Crippen LogP contribution in [0.5, 0.6) is 5.75 Å². The third-order valence-electron chi connectivity index (χ3n) is 7.57. The number of ether oxygens (including phenoxy) is 1. The van der Waals surface area contributed by atoms with Gasteiger partial charge in [0.2, 0.25) is 0 Å². The number of fused-ring (bicyclic) bond motifs is 1. The van der Waals surface area contributed by atoms with Gasteiger partial charge in [-0.25, -0.2) is 4.68 Å². The van der Waals surface area contributed by atoms with Gasteiger partial charge in [0.15, 0.2) is 0 Å². The van der Waals surface area contributed by atoms with Crippen LogP contribution >= 0.6 is 0 Å². The molecule has 0 amide bonds. The fraction of sp³-hybridized carbons (Fsp3) is 0.462. The quantitative estimate of drug-likeness (QED) is 0.393. The van der Waals surface area contributed by atoms with E-state index in [4.69, 9.17) is 4.74 Å². The molecular formula is C26H32N8O2. The van der Waals surface area contributed by atoms with Gasteiger partial charge < -0.3 is 15.0 Å². The fourth-order valence-electron chi connectivity index (χ4n) is 5.22. The number of hydrogen-bond donors (Lipinski definition) is 2. The number of H-pyrrole nitrogens is 1. The Morgan fingerprint density at radius 2 is 2.11 bits per heavy atom. The van der Waals surface area contributed by atoms with Gasteiger partial charge in [0.25, 0.3) is 5.56 Å². The second kappa shape index (κ2) is 9.77. The van der Waals surface area contributed by atoms with Crippen molar-refractivity contribution in [3.63, 3.8) is 0 Å². The summed E-state index contributed by atoms with van der Waals surface area (Å²) in [6.07, 6.45) is 11.9. The number of anilines is 1. The van der Waals surface area contributed by atoms with Crippen molar-refractivity contribution < 1.29 is 4.74 Å². The van der Waals surface area contributed by atoms with E-state index >= 15 is 0 Å². The van der Waals surface area contributed by atoms with Crippen molar-refractivity contribution in [1.82, 2.24) is 35.1 Å². The molecule has 10 heteroatoms. The Labute approximate surface area is 209 Å². The molecule has 4 aromatic rings. The van der Waals surface area contributed by atoms with E-state index in [1.165, 1.54) is 25.7 Å². The van der Waals surface area contributed by atoms with Crippen LogP contribution in [-0.4, -0.2) is 62.5 Å². The number of hydrogen-bond acceptors (Lipinski definition) is 7. The molecule has 1 atom stereocenters. The molecule has 36 heavy (non-hydrogen) atoms. The lowest BCUT2D eigenvalue weighted by molar-refractivity contribution is 0.280. The second-order valence-electron chi connectivity index (χ2n) is 9.97. The molecule has 188 valence electrons. The molecule has 2 aliphatic rings. The van der Waals surface area contributed by atoms with Crippen molar-refractivity contribution in [2.45, 2.75) is 44.8 Å². The maximum atomic E-state index is 13.0. The van der Waals surface area contributed by atoms with Crippen molar-refractivity contribution in [1.29, 1.82) is 0 Å². The summed E-state index contributed by atoms with van der Waals surface area (Å²) < 4.78 is 8.74. The van der Waals surface area contributed by atoms with Gasteiger partial charge in [-0.15, -0.1) is 5.10 Å². The molecule has 1 aromatic carbocycles. The Kier molecular flexibility index (Phi) is 6.18. The van der Waals surface area contributed by atoms with Crippen LogP contribution in [0.4, 0.5) is 5.69 Å². The monoisotopic (exact) mass is 488 g/mol. The molecule has 1 saturated heterocycles. The first-order valence-corrected chi connectivity index (χ1v) is 12.8. The molecule has 3 aromatic heterocycles. The number of rotatable bonds is 8. The minimum absolute atomic E-state index is 0.0484. The number of nitrogens with zero attached hydrogens (tertiary/aromatic N) is 6. The highest BCUT2D eigenvalue weighted by atomic mass is 16.5. The first-order valence-electron chi connectivity index (χ1n) is 12.8. The third kappa shape index (κ3) is 4.60. The number of aromatic amines is 1. The minimum atomic E-state index is -0.0484. The van der Waals surface area contributed by atoms with Crippen molar-refractivity contribution in [2.24, 2.45) is 5.92 Å². The summed E-state index contributed by atoms with van der Waals surface area (Å²) in [6.45, 7) is 3.35. The smallest absolute Gasteiger partial charge is 0.254 e. The third-order valence-corrected chi connectivity index (χ3v) is 7.57. The molecule has 0 radical (unpaired) electrons. The minimum Gasteiger partial charge on any atom is -0.497 e.